The van der Waals surface area contributed by atoms with E-state index in [0.29, 0.717) is 25.3 Å². The van der Waals surface area contributed by atoms with Crippen LogP contribution in [-0.4, -0.2) is 42.9 Å². The van der Waals surface area contributed by atoms with Crippen molar-refractivity contribution < 1.29 is 28.6 Å². The maximum atomic E-state index is 12.9. The van der Waals surface area contributed by atoms with Crippen LogP contribution in [-0.2, 0) is 23.8 Å². The highest BCUT2D eigenvalue weighted by Gasteiger charge is 2.32. The lowest BCUT2D eigenvalue weighted by atomic mass is 9.82. The number of rotatable bonds is 40. The van der Waals surface area contributed by atoms with E-state index in [1.807, 2.05) is 0 Å². The zero-order valence-corrected chi connectivity index (χ0v) is 36.4. The maximum Gasteiger partial charge on any atom is 0.407 e. The number of hydrogen-bond acceptors (Lipinski definition) is 6. The average Bonchev–Trinajstić information content (AvgIpc) is 3.14. The summed E-state index contributed by atoms with van der Waals surface area (Å²) in [6.45, 7) is 15.1. The van der Waals surface area contributed by atoms with E-state index < -0.39 is 11.6 Å². The summed E-state index contributed by atoms with van der Waals surface area (Å²) in [6, 6.07) is 0. The van der Waals surface area contributed by atoms with E-state index in [0.717, 1.165) is 63.9 Å². The van der Waals surface area contributed by atoms with Gasteiger partial charge in [0.2, 0.25) is 0 Å². The van der Waals surface area contributed by atoms with E-state index in [1.54, 1.807) is 0 Å². The SMILES string of the molecule is C=CC(=O)OCCCNC(=O)OC(CCCCCC)CCCCCCCCCCC(=O)OC(C)(C)C(CCCCCC)CCCCCCCCCCCC. The zero-order chi connectivity index (χ0) is 40.0. The summed E-state index contributed by atoms with van der Waals surface area (Å²) >= 11 is 0. The van der Waals surface area contributed by atoms with Gasteiger partial charge in [-0.3, -0.25) is 4.79 Å². The third-order valence-corrected chi connectivity index (χ3v) is 11.0. The van der Waals surface area contributed by atoms with Gasteiger partial charge in [-0.05, 0) is 71.1 Å². The molecule has 0 fully saturated rings. The third-order valence-electron chi connectivity index (χ3n) is 11.0. The molecule has 1 N–H and O–H groups in total. The normalized spacial score (nSPS) is 12.6. The predicted molar refractivity (Wildman–Crippen MR) is 228 cm³/mol. The van der Waals surface area contributed by atoms with Gasteiger partial charge in [-0.2, -0.15) is 0 Å². The van der Waals surface area contributed by atoms with E-state index in [2.05, 4.69) is 46.5 Å². The van der Waals surface area contributed by atoms with Crippen molar-refractivity contribution in [2.75, 3.05) is 13.2 Å². The lowest BCUT2D eigenvalue weighted by Crippen LogP contribution is -2.37. The molecule has 0 rings (SSSR count). The molecular formula is C47H89NO6. The molecule has 7 heteroatoms. The first-order chi connectivity index (χ1) is 26.2. The molecule has 7 nitrogen and oxygen atoms in total. The highest BCUT2D eigenvalue weighted by molar-refractivity contribution is 5.81. The van der Waals surface area contributed by atoms with Gasteiger partial charge < -0.3 is 19.5 Å². The van der Waals surface area contributed by atoms with Crippen molar-refractivity contribution in [3.05, 3.63) is 12.7 Å². The van der Waals surface area contributed by atoms with Gasteiger partial charge in [0.1, 0.15) is 11.7 Å². The number of ether oxygens (including phenoxy) is 3. The van der Waals surface area contributed by atoms with Crippen molar-refractivity contribution in [1.82, 2.24) is 5.32 Å². The van der Waals surface area contributed by atoms with Crippen LogP contribution in [0.15, 0.2) is 12.7 Å². The third kappa shape index (κ3) is 33.3. The maximum absolute atomic E-state index is 12.9. The first-order valence-corrected chi connectivity index (χ1v) is 23.2. The van der Waals surface area contributed by atoms with Gasteiger partial charge >= 0.3 is 18.0 Å². The number of carbonyl (C=O) groups is 3. The summed E-state index contributed by atoms with van der Waals surface area (Å²) in [6.07, 6.45) is 38.1. The lowest BCUT2D eigenvalue weighted by Gasteiger charge is -2.34. The van der Waals surface area contributed by atoms with E-state index in [4.69, 9.17) is 14.2 Å². The summed E-state index contributed by atoms with van der Waals surface area (Å²) in [4.78, 5) is 36.5. The minimum absolute atomic E-state index is 0.0178. The molecule has 318 valence electrons. The molecule has 0 spiro atoms. The van der Waals surface area contributed by atoms with Gasteiger partial charge in [0, 0.05) is 19.0 Å². The Balaban J connectivity index is 4.31. The van der Waals surface area contributed by atoms with Crippen LogP contribution >= 0.6 is 0 Å². The van der Waals surface area contributed by atoms with Crippen molar-refractivity contribution in [1.29, 1.82) is 0 Å². The molecular weight excluding hydrogens is 675 g/mol. The standard InChI is InChI=1S/C47H89NO6/c1-7-11-14-17-18-19-20-23-26-30-36-42(35-29-15-12-8-2)47(5,6)54-45(50)39-33-28-25-22-21-24-27-32-38-43(37-31-16-13-9-3)53-46(51)48-40-34-41-52-44(49)10-4/h10,42-43H,4,7-9,11-41H2,1-3,5-6H3,(H,48,51). The number of carbonyl (C=O) groups excluding carboxylic acids is 3. The molecule has 1 amide bonds. The average molecular weight is 764 g/mol. The highest BCUT2D eigenvalue weighted by atomic mass is 16.6. The minimum Gasteiger partial charge on any atom is -0.462 e. The summed E-state index contributed by atoms with van der Waals surface area (Å²) < 4.78 is 16.9. The smallest absolute Gasteiger partial charge is 0.407 e. The van der Waals surface area contributed by atoms with Crippen LogP contribution in [0.2, 0.25) is 0 Å². The molecule has 0 saturated carbocycles. The Kier molecular flexibility index (Phi) is 36.4. The van der Waals surface area contributed by atoms with Crippen molar-refractivity contribution >= 4 is 18.0 Å². The summed E-state index contributed by atoms with van der Waals surface area (Å²) in [5, 5.41) is 2.79. The second-order valence-corrected chi connectivity index (χ2v) is 16.5. The molecule has 54 heavy (non-hydrogen) atoms. The number of alkyl carbamates (subject to hydrolysis) is 1. The van der Waals surface area contributed by atoms with Crippen LogP contribution < -0.4 is 5.32 Å². The van der Waals surface area contributed by atoms with Crippen LogP contribution in [0.5, 0.6) is 0 Å². The molecule has 0 aromatic rings. The second kappa shape index (κ2) is 37.9. The van der Waals surface area contributed by atoms with Gasteiger partial charge in [-0.1, -0.05) is 175 Å². The Morgan fingerprint density at radius 1 is 0.574 bits per heavy atom. The first kappa shape index (κ1) is 52.0. The van der Waals surface area contributed by atoms with Gasteiger partial charge in [0.05, 0.1) is 6.61 Å². The summed E-state index contributed by atoms with van der Waals surface area (Å²) in [5.74, 6) is -0.0254. The van der Waals surface area contributed by atoms with E-state index in [9.17, 15) is 14.4 Å². The van der Waals surface area contributed by atoms with Crippen LogP contribution in [0.1, 0.15) is 240 Å². The molecule has 0 aliphatic rings. The Hall–Kier alpha value is -2.05. The van der Waals surface area contributed by atoms with Gasteiger partial charge in [-0.15, -0.1) is 0 Å². The van der Waals surface area contributed by atoms with Crippen LogP contribution in [0.4, 0.5) is 4.79 Å². The number of hydrogen-bond donors (Lipinski definition) is 1. The molecule has 0 aromatic carbocycles. The number of nitrogens with one attached hydrogen (secondary N) is 1. The molecule has 0 bridgehead atoms. The molecule has 0 aromatic heterocycles. The van der Waals surface area contributed by atoms with Crippen molar-refractivity contribution in [3.63, 3.8) is 0 Å². The van der Waals surface area contributed by atoms with Gasteiger partial charge in [0.15, 0.2) is 0 Å². The number of amides is 1. The molecule has 0 aliphatic carbocycles. The van der Waals surface area contributed by atoms with E-state index >= 15 is 0 Å². The lowest BCUT2D eigenvalue weighted by molar-refractivity contribution is -0.162. The van der Waals surface area contributed by atoms with Crippen molar-refractivity contribution in [2.24, 2.45) is 5.92 Å². The Labute approximate surface area is 334 Å². The second-order valence-electron chi connectivity index (χ2n) is 16.5. The first-order valence-electron chi connectivity index (χ1n) is 23.2. The van der Waals surface area contributed by atoms with Crippen LogP contribution in [0, 0.1) is 5.92 Å². The Morgan fingerprint density at radius 2 is 0.981 bits per heavy atom. The van der Waals surface area contributed by atoms with Gasteiger partial charge in [-0.25, -0.2) is 9.59 Å². The topological polar surface area (TPSA) is 90.9 Å². The quantitative estimate of drug-likeness (QED) is 0.0289. The summed E-state index contributed by atoms with van der Waals surface area (Å²) in [5.41, 5.74) is -0.394. The molecule has 0 heterocycles. The molecule has 0 saturated heterocycles. The number of esters is 2. The predicted octanol–water partition coefficient (Wildman–Crippen LogP) is 14.3. The largest absolute Gasteiger partial charge is 0.462 e. The highest BCUT2D eigenvalue weighted by Crippen LogP contribution is 2.32. The van der Waals surface area contributed by atoms with E-state index in [1.165, 1.54) is 135 Å². The molecule has 2 unspecified atom stereocenters. The minimum atomic E-state index is -0.452. The van der Waals surface area contributed by atoms with Gasteiger partial charge in [0.25, 0.3) is 0 Å². The molecule has 0 radical (unpaired) electrons. The number of unbranched alkanes of at least 4 members (excludes halogenated alkanes) is 22. The van der Waals surface area contributed by atoms with Crippen molar-refractivity contribution in [3.8, 4) is 0 Å². The van der Waals surface area contributed by atoms with Crippen LogP contribution in [0.25, 0.3) is 0 Å². The molecule has 0 aliphatic heterocycles. The van der Waals surface area contributed by atoms with Crippen LogP contribution in [0.3, 0.4) is 0 Å². The fraction of sp³-hybridized carbons (Fsp3) is 0.894. The van der Waals surface area contributed by atoms with Crippen molar-refractivity contribution in [2.45, 2.75) is 252 Å². The monoisotopic (exact) mass is 764 g/mol. The summed E-state index contributed by atoms with van der Waals surface area (Å²) in [7, 11) is 0. The fourth-order valence-corrected chi connectivity index (χ4v) is 7.41. The molecule has 2 atom stereocenters. The Morgan fingerprint density at radius 3 is 1.44 bits per heavy atom. The Bertz CT molecular complexity index is 889. The fourth-order valence-electron chi connectivity index (χ4n) is 7.41. The zero-order valence-electron chi connectivity index (χ0n) is 36.4. The van der Waals surface area contributed by atoms with E-state index in [-0.39, 0.29) is 24.8 Å².